The third kappa shape index (κ3) is 3.74. The van der Waals surface area contributed by atoms with Crippen molar-refractivity contribution in [3.63, 3.8) is 0 Å². The highest BCUT2D eigenvalue weighted by molar-refractivity contribution is 8.00. The first-order valence-electron chi connectivity index (χ1n) is 7.64. The second-order valence-electron chi connectivity index (χ2n) is 5.43. The predicted octanol–water partition coefficient (Wildman–Crippen LogP) is 4.38. The van der Waals surface area contributed by atoms with Crippen molar-refractivity contribution in [2.24, 2.45) is 0 Å². The van der Waals surface area contributed by atoms with Crippen molar-refractivity contribution in [3.05, 3.63) is 54.1 Å². The maximum atomic E-state index is 12.5. The smallest absolute Gasteiger partial charge is 0.237 e. The van der Waals surface area contributed by atoms with Gasteiger partial charge in [-0.1, -0.05) is 43.0 Å². The molecule has 0 saturated heterocycles. The number of anilines is 1. The van der Waals surface area contributed by atoms with Crippen molar-refractivity contribution >= 4 is 34.4 Å². The molecule has 1 unspecified atom stereocenters. The molecule has 1 atom stereocenters. The van der Waals surface area contributed by atoms with E-state index >= 15 is 0 Å². The van der Waals surface area contributed by atoms with Gasteiger partial charge in [-0.2, -0.15) is 0 Å². The van der Waals surface area contributed by atoms with Gasteiger partial charge in [-0.15, -0.1) is 0 Å². The standard InChI is InChI=1S/C18H19N3OS/c1-3-16(17(22)19-13-8-6-7-12(2)11-13)23-18-20-14-9-4-5-10-15(14)21-18/h4-11,16H,3H2,1-2H3,(H,19,22)(H,20,21). The third-order valence-electron chi connectivity index (χ3n) is 3.57. The molecule has 2 aromatic carbocycles. The Kier molecular flexibility index (Phi) is 4.67. The largest absolute Gasteiger partial charge is 0.333 e. The van der Waals surface area contributed by atoms with Crippen LogP contribution in [0.3, 0.4) is 0 Å². The SMILES string of the molecule is CCC(Sc1nc2ccccc2[nH]1)C(=O)Nc1cccc(C)c1. The van der Waals surface area contributed by atoms with Crippen LogP contribution in [0.2, 0.25) is 0 Å². The van der Waals surface area contributed by atoms with Gasteiger partial charge in [0.05, 0.1) is 16.3 Å². The van der Waals surface area contributed by atoms with Gasteiger partial charge in [-0.25, -0.2) is 4.98 Å². The molecule has 23 heavy (non-hydrogen) atoms. The number of H-pyrrole nitrogens is 1. The van der Waals surface area contributed by atoms with Crippen LogP contribution in [0.5, 0.6) is 0 Å². The van der Waals surface area contributed by atoms with Gasteiger partial charge in [-0.3, -0.25) is 4.79 Å². The summed E-state index contributed by atoms with van der Waals surface area (Å²) >= 11 is 1.47. The number of imidazole rings is 1. The molecule has 0 fully saturated rings. The number of para-hydroxylation sites is 2. The molecule has 0 aliphatic rings. The zero-order valence-electron chi connectivity index (χ0n) is 13.2. The van der Waals surface area contributed by atoms with Gasteiger partial charge in [-0.05, 0) is 43.2 Å². The number of nitrogens with one attached hydrogen (secondary N) is 2. The lowest BCUT2D eigenvalue weighted by Gasteiger charge is -2.13. The van der Waals surface area contributed by atoms with Crippen molar-refractivity contribution < 1.29 is 4.79 Å². The second-order valence-corrected chi connectivity index (χ2v) is 6.62. The number of fused-ring (bicyclic) bond motifs is 1. The van der Waals surface area contributed by atoms with Crippen LogP contribution in [0.15, 0.2) is 53.7 Å². The Bertz CT molecular complexity index is 795. The van der Waals surface area contributed by atoms with Gasteiger partial charge < -0.3 is 10.3 Å². The van der Waals surface area contributed by atoms with E-state index < -0.39 is 0 Å². The Balaban J connectivity index is 1.72. The highest BCUT2D eigenvalue weighted by Gasteiger charge is 2.20. The van der Waals surface area contributed by atoms with E-state index in [1.807, 2.05) is 62.4 Å². The molecule has 1 heterocycles. The second kappa shape index (κ2) is 6.87. The van der Waals surface area contributed by atoms with E-state index in [-0.39, 0.29) is 11.2 Å². The monoisotopic (exact) mass is 325 g/mol. The topological polar surface area (TPSA) is 57.8 Å². The Morgan fingerprint density at radius 1 is 1.26 bits per heavy atom. The quantitative estimate of drug-likeness (QED) is 0.684. The number of hydrogen-bond acceptors (Lipinski definition) is 3. The van der Waals surface area contributed by atoms with Crippen molar-refractivity contribution in [2.45, 2.75) is 30.7 Å². The van der Waals surface area contributed by atoms with Crippen LogP contribution in [0.4, 0.5) is 5.69 Å². The molecule has 3 rings (SSSR count). The predicted molar refractivity (Wildman–Crippen MR) is 95.8 cm³/mol. The highest BCUT2D eigenvalue weighted by atomic mass is 32.2. The number of aromatic nitrogens is 2. The molecular weight excluding hydrogens is 306 g/mol. The van der Waals surface area contributed by atoms with E-state index in [1.165, 1.54) is 11.8 Å². The highest BCUT2D eigenvalue weighted by Crippen LogP contribution is 2.26. The van der Waals surface area contributed by atoms with Crippen LogP contribution in [0.25, 0.3) is 11.0 Å². The number of carbonyl (C=O) groups excluding carboxylic acids is 1. The Hall–Kier alpha value is -2.27. The number of nitrogens with zero attached hydrogens (tertiary/aromatic N) is 1. The van der Waals surface area contributed by atoms with Crippen molar-refractivity contribution in [3.8, 4) is 0 Å². The summed E-state index contributed by atoms with van der Waals surface area (Å²) in [4.78, 5) is 20.3. The number of aryl methyl sites for hydroxylation is 1. The van der Waals surface area contributed by atoms with Crippen molar-refractivity contribution in [1.29, 1.82) is 0 Å². The number of hydrogen-bond donors (Lipinski definition) is 2. The van der Waals surface area contributed by atoms with Crippen LogP contribution in [-0.2, 0) is 4.79 Å². The summed E-state index contributed by atoms with van der Waals surface area (Å²) in [6.45, 7) is 4.02. The Morgan fingerprint density at radius 2 is 2.09 bits per heavy atom. The summed E-state index contributed by atoms with van der Waals surface area (Å²) in [5, 5.41) is 3.58. The first-order valence-corrected chi connectivity index (χ1v) is 8.52. The molecule has 0 aliphatic heterocycles. The van der Waals surface area contributed by atoms with Crippen LogP contribution < -0.4 is 5.32 Å². The van der Waals surface area contributed by atoms with E-state index in [0.29, 0.717) is 0 Å². The van der Waals surface area contributed by atoms with Crippen LogP contribution in [-0.4, -0.2) is 21.1 Å². The number of thioether (sulfide) groups is 1. The lowest BCUT2D eigenvalue weighted by Crippen LogP contribution is -2.24. The number of amides is 1. The first kappa shape index (κ1) is 15.6. The van der Waals surface area contributed by atoms with Crippen molar-refractivity contribution in [2.75, 3.05) is 5.32 Å². The van der Waals surface area contributed by atoms with Gasteiger partial charge in [0.15, 0.2) is 5.16 Å². The molecule has 118 valence electrons. The van der Waals surface area contributed by atoms with Crippen LogP contribution >= 0.6 is 11.8 Å². The fourth-order valence-electron chi connectivity index (χ4n) is 2.39. The van der Waals surface area contributed by atoms with Gasteiger partial charge in [0.25, 0.3) is 0 Å². The maximum absolute atomic E-state index is 12.5. The molecule has 0 spiro atoms. The molecule has 1 aromatic heterocycles. The molecule has 0 aliphatic carbocycles. The minimum absolute atomic E-state index is 0.00329. The fourth-order valence-corrected chi connectivity index (χ4v) is 3.31. The number of carbonyl (C=O) groups is 1. The normalized spacial score (nSPS) is 12.3. The molecule has 1 amide bonds. The van der Waals surface area contributed by atoms with Crippen LogP contribution in [0.1, 0.15) is 18.9 Å². The zero-order chi connectivity index (χ0) is 16.2. The maximum Gasteiger partial charge on any atom is 0.237 e. The molecule has 5 heteroatoms. The van der Waals surface area contributed by atoms with Crippen molar-refractivity contribution in [1.82, 2.24) is 9.97 Å². The van der Waals surface area contributed by atoms with E-state index in [9.17, 15) is 4.79 Å². The van der Waals surface area contributed by atoms with Gasteiger partial charge in [0.1, 0.15) is 0 Å². The summed E-state index contributed by atoms with van der Waals surface area (Å²) < 4.78 is 0. The zero-order valence-corrected chi connectivity index (χ0v) is 14.0. The van der Waals surface area contributed by atoms with Gasteiger partial charge in [0, 0.05) is 5.69 Å². The average molecular weight is 325 g/mol. The number of aromatic amines is 1. The molecule has 0 saturated carbocycles. The number of rotatable bonds is 5. The first-order chi connectivity index (χ1) is 11.2. The lowest BCUT2D eigenvalue weighted by molar-refractivity contribution is -0.115. The lowest BCUT2D eigenvalue weighted by atomic mass is 10.2. The molecule has 4 nitrogen and oxygen atoms in total. The molecule has 2 N–H and O–H groups in total. The molecule has 3 aromatic rings. The van der Waals surface area contributed by atoms with E-state index in [1.54, 1.807) is 0 Å². The van der Waals surface area contributed by atoms with Crippen LogP contribution in [0, 0.1) is 6.92 Å². The molecular formula is C18H19N3OS. The van der Waals surface area contributed by atoms with E-state index in [4.69, 9.17) is 0 Å². The van der Waals surface area contributed by atoms with E-state index in [2.05, 4.69) is 15.3 Å². The van der Waals surface area contributed by atoms with E-state index in [0.717, 1.165) is 33.9 Å². The summed E-state index contributed by atoms with van der Waals surface area (Å²) in [7, 11) is 0. The summed E-state index contributed by atoms with van der Waals surface area (Å²) in [6, 6.07) is 15.7. The van der Waals surface area contributed by atoms with Gasteiger partial charge >= 0.3 is 0 Å². The summed E-state index contributed by atoms with van der Waals surface area (Å²) in [5.74, 6) is 0.00329. The molecule has 0 radical (unpaired) electrons. The summed E-state index contributed by atoms with van der Waals surface area (Å²) in [5.41, 5.74) is 3.87. The Morgan fingerprint density at radius 3 is 2.83 bits per heavy atom. The summed E-state index contributed by atoms with van der Waals surface area (Å²) in [6.07, 6.45) is 0.735. The third-order valence-corrected chi connectivity index (χ3v) is 4.82. The Labute approximate surface area is 139 Å². The minimum atomic E-state index is -0.184. The number of benzene rings is 2. The molecule has 0 bridgehead atoms. The average Bonchev–Trinajstić information content (AvgIpc) is 2.95. The fraction of sp³-hybridized carbons (Fsp3) is 0.222. The van der Waals surface area contributed by atoms with Gasteiger partial charge in [0.2, 0.25) is 5.91 Å². The minimum Gasteiger partial charge on any atom is -0.333 e.